The summed E-state index contributed by atoms with van der Waals surface area (Å²) in [4.78, 5) is 3.79. The molecule has 0 amide bonds. The van der Waals surface area contributed by atoms with E-state index in [9.17, 15) is 4.39 Å². The summed E-state index contributed by atoms with van der Waals surface area (Å²) in [6, 6.07) is 8.96. The van der Waals surface area contributed by atoms with E-state index in [1.807, 2.05) is 31.2 Å². The minimum atomic E-state index is -0.361. The van der Waals surface area contributed by atoms with Gasteiger partial charge >= 0.3 is 0 Å². The second-order valence-corrected chi connectivity index (χ2v) is 3.82. The molecule has 0 saturated carbocycles. The van der Waals surface area contributed by atoms with E-state index in [1.165, 1.54) is 17.8 Å². The molecule has 1 aromatic carbocycles. The highest BCUT2D eigenvalue weighted by atomic mass is 19.1. The summed E-state index contributed by atoms with van der Waals surface area (Å²) in [6.07, 6.45) is 2.76. The predicted octanol–water partition coefficient (Wildman–Crippen LogP) is 2.58. The standard InChI is InChI=1S/C13H13FN2/c1-9-2-4-10(5-3-9)13(15)11-6-12(14)8-16-7-11/h2-8,13H,15H2,1H3. The molecular formula is C13H13FN2. The maximum atomic E-state index is 13.0. The molecule has 0 aliphatic carbocycles. The molecule has 2 rings (SSSR count). The molecule has 1 unspecified atom stereocenters. The van der Waals surface area contributed by atoms with Crippen molar-refractivity contribution < 1.29 is 4.39 Å². The van der Waals surface area contributed by atoms with Crippen LogP contribution in [0.15, 0.2) is 42.7 Å². The summed E-state index contributed by atoms with van der Waals surface area (Å²) in [7, 11) is 0. The normalized spacial score (nSPS) is 12.4. The zero-order chi connectivity index (χ0) is 11.5. The van der Waals surface area contributed by atoms with Crippen LogP contribution in [0.5, 0.6) is 0 Å². The minimum Gasteiger partial charge on any atom is -0.320 e. The average molecular weight is 216 g/mol. The highest BCUT2D eigenvalue weighted by Gasteiger charge is 2.09. The van der Waals surface area contributed by atoms with E-state index in [4.69, 9.17) is 5.73 Å². The number of nitrogens with two attached hydrogens (primary N) is 1. The third-order valence-corrected chi connectivity index (χ3v) is 2.52. The van der Waals surface area contributed by atoms with E-state index in [-0.39, 0.29) is 11.9 Å². The number of halogens is 1. The van der Waals surface area contributed by atoms with Crippen LogP contribution in [0.3, 0.4) is 0 Å². The van der Waals surface area contributed by atoms with Crippen LogP contribution in [0.4, 0.5) is 4.39 Å². The summed E-state index contributed by atoms with van der Waals surface area (Å²) >= 11 is 0. The summed E-state index contributed by atoms with van der Waals surface area (Å²) in [6.45, 7) is 2.01. The van der Waals surface area contributed by atoms with E-state index < -0.39 is 0 Å². The van der Waals surface area contributed by atoms with Crippen LogP contribution in [0.2, 0.25) is 0 Å². The second kappa shape index (κ2) is 4.41. The molecule has 0 spiro atoms. The quantitative estimate of drug-likeness (QED) is 0.838. The molecule has 0 bridgehead atoms. The Balaban J connectivity index is 2.31. The van der Waals surface area contributed by atoms with Crippen LogP contribution >= 0.6 is 0 Å². The van der Waals surface area contributed by atoms with Crippen molar-refractivity contribution >= 4 is 0 Å². The largest absolute Gasteiger partial charge is 0.320 e. The molecule has 2 N–H and O–H groups in total. The SMILES string of the molecule is Cc1ccc(C(N)c2cncc(F)c2)cc1. The van der Waals surface area contributed by atoms with Crippen LogP contribution in [-0.4, -0.2) is 4.98 Å². The molecule has 1 heterocycles. The lowest BCUT2D eigenvalue weighted by atomic mass is 10.0. The van der Waals surface area contributed by atoms with Gasteiger partial charge in [-0.2, -0.15) is 0 Å². The maximum Gasteiger partial charge on any atom is 0.141 e. The van der Waals surface area contributed by atoms with Crippen molar-refractivity contribution in [1.29, 1.82) is 0 Å². The molecule has 2 aromatic rings. The van der Waals surface area contributed by atoms with Gasteiger partial charge in [0.25, 0.3) is 0 Å². The molecular weight excluding hydrogens is 203 g/mol. The third-order valence-electron chi connectivity index (χ3n) is 2.52. The zero-order valence-corrected chi connectivity index (χ0v) is 9.02. The fraction of sp³-hybridized carbons (Fsp3) is 0.154. The first kappa shape index (κ1) is 10.8. The summed E-state index contributed by atoms with van der Waals surface area (Å²) in [5.41, 5.74) is 8.84. The number of rotatable bonds is 2. The Bertz CT molecular complexity index is 480. The minimum absolute atomic E-state index is 0.330. The Kier molecular flexibility index (Phi) is 2.97. The lowest BCUT2D eigenvalue weighted by Gasteiger charge is -2.12. The van der Waals surface area contributed by atoms with Gasteiger partial charge in [-0.3, -0.25) is 4.98 Å². The van der Waals surface area contributed by atoms with Gasteiger partial charge in [0.1, 0.15) is 5.82 Å². The van der Waals surface area contributed by atoms with Gasteiger partial charge in [0.15, 0.2) is 0 Å². The van der Waals surface area contributed by atoms with E-state index in [2.05, 4.69) is 4.98 Å². The smallest absolute Gasteiger partial charge is 0.141 e. The Morgan fingerprint density at radius 1 is 1.12 bits per heavy atom. The van der Waals surface area contributed by atoms with Crippen molar-refractivity contribution in [3.05, 3.63) is 65.2 Å². The molecule has 16 heavy (non-hydrogen) atoms. The van der Waals surface area contributed by atoms with Gasteiger partial charge in [-0.15, -0.1) is 0 Å². The van der Waals surface area contributed by atoms with E-state index >= 15 is 0 Å². The molecule has 1 atom stereocenters. The van der Waals surface area contributed by atoms with Crippen molar-refractivity contribution in [3.8, 4) is 0 Å². The van der Waals surface area contributed by atoms with Crippen LogP contribution in [0.25, 0.3) is 0 Å². The number of nitrogens with zero attached hydrogens (tertiary/aromatic N) is 1. The fourth-order valence-corrected chi connectivity index (χ4v) is 1.56. The first-order valence-corrected chi connectivity index (χ1v) is 5.09. The molecule has 0 fully saturated rings. The average Bonchev–Trinajstić information content (AvgIpc) is 2.29. The highest BCUT2D eigenvalue weighted by Crippen LogP contribution is 2.19. The highest BCUT2D eigenvalue weighted by molar-refractivity contribution is 5.31. The van der Waals surface area contributed by atoms with E-state index in [0.29, 0.717) is 5.56 Å². The van der Waals surface area contributed by atoms with Crippen LogP contribution in [0.1, 0.15) is 22.7 Å². The first-order valence-electron chi connectivity index (χ1n) is 5.09. The Hall–Kier alpha value is -1.74. The second-order valence-electron chi connectivity index (χ2n) is 3.82. The van der Waals surface area contributed by atoms with Gasteiger partial charge in [-0.25, -0.2) is 4.39 Å². The monoisotopic (exact) mass is 216 g/mol. The van der Waals surface area contributed by atoms with Crippen molar-refractivity contribution in [2.45, 2.75) is 13.0 Å². The van der Waals surface area contributed by atoms with Crippen LogP contribution < -0.4 is 5.73 Å². The van der Waals surface area contributed by atoms with Gasteiger partial charge in [0, 0.05) is 6.20 Å². The summed E-state index contributed by atoms with van der Waals surface area (Å²) in [5.74, 6) is -0.361. The molecule has 82 valence electrons. The first-order chi connectivity index (χ1) is 7.66. The maximum absolute atomic E-state index is 13.0. The summed E-state index contributed by atoms with van der Waals surface area (Å²) < 4.78 is 13.0. The lowest BCUT2D eigenvalue weighted by Crippen LogP contribution is -2.12. The molecule has 0 saturated heterocycles. The number of hydrogen-bond acceptors (Lipinski definition) is 2. The number of aromatic nitrogens is 1. The van der Waals surface area contributed by atoms with Gasteiger partial charge in [0.05, 0.1) is 12.2 Å². The Labute approximate surface area is 93.9 Å². The number of benzene rings is 1. The van der Waals surface area contributed by atoms with E-state index in [1.54, 1.807) is 6.20 Å². The fourth-order valence-electron chi connectivity index (χ4n) is 1.56. The van der Waals surface area contributed by atoms with Crippen molar-refractivity contribution in [3.63, 3.8) is 0 Å². The predicted molar refractivity (Wildman–Crippen MR) is 61.4 cm³/mol. The van der Waals surface area contributed by atoms with Crippen LogP contribution in [0, 0.1) is 12.7 Å². The number of pyridine rings is 1. The molecule has 0 radical (unpaired) electrons. The molecule has 1 aromatic heterocycles. The molecule has 0 aliphatic heterocycles. The Morgan fingerprint density at radius 2 is 1.81 bits per heavy atom. The third kappa shape index (κ3) is 2.25. The Morgan fingerprint density at radius 3 is 2.44 bits per heavy atom. The molecule has 3 heteroatoms. The van der Waals surface area contributed by atoms with E-state index in [0.717, 1.165) is 5.56 Å². The molecule has 0 aliphatic rings. The van der Waals surface area contributed by atoms with Gasteiger partial charge in [0.2, 0.25) is 0 Å². The molecule has 2 nitrogen and oxygen atoms in total. The van der Waals surface area contributed by atoms with Gasteiger partial charge in [-0.05, 0) is 24.1 Å². The lowest BCUT2D eigenvalue weighted by molar-refractivity contribution is 0.616. The topological polar surface area (TPSA) is 38.9 Å². The number of hydrogen-bond donors (Lipinski definition) is 1. The van der Waals surface area contributed by atoms with Crippen molar-refractivity contribution in [2.75, 3.05) is 0 Å². The van der Waals surface area contributed by atoms with Gasteiger partial charge in [-0.1, -0.05) is 29.8 Å². The summed E-state index contributed by atoms with van der Waals surface area (Å²) in [5, 5.41) is 0. The zero-order valence-electron chi connectivity index (χ0n) is 9.02. The van der Waals surface area contributed by atoms with Gasteiger partial charge < -0.3 is 5.73 Å². The number of aryl methyl sites for hydroxylation is 1. The van der Waals surface area contributed by atoms with Crippen molar-refractivity contribution in [1.82, 2.24) is 4.98 Å². The van der Waals surface area contributed by atoms with Crippen molar-refractivity contribution in [2.24, 2.45) is 5.73 Å². The van der Waals surface area contributed by atoms with Crippen LogP contribution in [-0.2, 0) is 0 Å².